The topological polar surface area (TPSA) is 72.9 Å². The van der Waals surface area contributed by atoms with Crippen LogP contribution in [0.4, 0.5) is 4.39 Å². The Balaban J connectivity index is 1.85. The molecule has 2 aromatic rings. The van der Waals surface area contributed by atoms with Crippen molar-refractivity contribution in [2.45, 2.75) is 51.0 Å². The van der Waals surface area contributed by atoms with Gasteiger partial charge in [0.25, 0.3) is 0 Å². The molecule has 0 spiro atoms. The maximum absolute atomic E-state index is 13.2. The molecule has 32 heavy (non-hydrogen) atoms. The molecule has 0 saturated heterocycles. The first-order chi connectivity index (χ1) is 15.2. The van der Waals surface area contributed by atoms with Crippen LogP contribution in [0.15, 0.2) is 47.4 Å². The second-order valence-corrected chi connectivity index (χ2v) is 10.1. The Bertz CT molecular complexity index is 1030. The quantitative estimate of drug-likeness (QED) is 0.501. The minimum absolute atomic E-state index is 0.0205. The fraction of sp³-hybridized carbons (Fsp3) is 0.458. The van der Waals surface area contributed by atoms with E-state index in [-0.39, 0.29) is 28.2 Å². The van der Waals surface area contributed by atoms with Crippen molar-refractivity contribution in [3.8, 4) is 11.5 Å². The van der Waals surface area contributed by atoms with Crippen LogP contribution in [0.3, 0.4) is 0 Å². The summed E-state index contributed by atoms with van der Waals surface area (Å²) in [6.07, 6.45) is 3.99. The first kappa shape index (κ1) is 24.0. The van der Waals surface area contributed by atoms with Crippen molar-refractivity contribution in [3.63, 3.8) is 0 Å². The van der Waals surface area contributed by atoms with E-state index in [1.807, 2.05) is 4.90 Å². The average Bonchev–Trinajstić information content (AvgIpc) is 3.27. The summed E-state index contributed by atoms with van der Waals surface area (Å²) in [4.78, 5) is 14.8. The van der Waals surface area contributed by atoms with Crippen molar-refractivity contribution in [1.29, 1.82) is 0 Å². The highest BCUT2D eigenvalue weighted by molar-refractivity contribution is 7.87. The molecule has 1 fully saturated rings. The molecule has 0 bridgehead atoms. The zero-order chi connectivity index (χ0) is 23.3. The first-order valence-electron chi connectivity index (χ1n) is 10.9. The van der Waals surface area contributed by atoms with Crippen molar-refractivity contribution >= 4 is 16.0 Å². The Morgan fingerprint density at radius 3 is 2.34 bits per heavy atom. The molecule has 174 valence electrons. The Hall–Kier alpha value is -2.61. The Morgan fingerprint density at radius 2 is 1.75 bits per heavy atom. The molecule has 0 aromatic heterocycles. The van der Waals surface area contributed by atoms with Gasteiger partial charge in [-0.3, -0.25) is 4.79 Å². The van der Waals surface area contributed by atoms with Crippen LogP contribution in [0.2, 0.25) is 0 Å². The predicted molar refractivity (Wildman–Crippen MR) is 119 cm³/mol. The largest absolute Gasteiger partial charge is 0.493 e. The lowest BCUT2D eigenvalue weighted by atomic mass is 10.0. The van der Waals surface area contributed by atoms with Crippen LogP contribution in [0.1, 0.15) is 45.1 Å². The maximum Gasteiger partial charge on any atom is 0.339 e. The molecule has 2 aromatic carbocycles. The van der Waals surface area contributed by atoms with E-state index in [2.05, 4.69) is 13.8 Å². The number of amides is 1. The third-order valence-corrected chi connectivity index (χ3v) is 6.75. The molecule has 0 aliphatic heterocycles. The Kier molecular flexibility index (Phi) is 7.77. The molecular weight excluding hydrogens is 433 g/mol. The molecule has 6 nitrogen and oxygen atoms in total. The number of carbonyl (C=O) groups excluding carboxylic acids is 1. The van der Waals surface area contributed by atoms with Gasteiger partial charge < -0.3 is 13.8 Å². The van der Waals surface area contributed by atoms with Crippen molar-refractivity contribution in [2.24, 2.45) is 11.8 Å². The van der Waals surface area contributed by atoms with E-state index in [1.54, 1.807) is 18.2 Å². The summed E-state index contributed by atoms with van der Waals surface area (Å²) in [6, 6.07) is 9.40. The summed E-state index contributed by atoms with van der Waals surface area (Å²) in [6.45, 7) is 5.09. The summed E-state index contributed by atoms with van der Waals surface area (Å²) >= 11 is 0. The number of hydrogen-bond acceptors (Lipinski definition) is 5. The number of ether oxygens (including phenoxy) is 1. The van der Waals surface area contributed by atoms with E-state index in [0.29, 0.717) is 19.0 Å². The first-order valence-corrected chi connectivity index (χ1v) is 12.3. The van der Waals surface area contributed by atoms with Gasteiger partial charge in [-0.05, 0) is 60.7 Å². The molecule has 0 unspecified atom stereocenters. The van der Waals surface area contributed by atoms with Crippen LogP contribution < -0.4 is 8.92 Å². The number of benzene rings is 2. The van der Waals surface area contributed by atoms with Crippen LogP contribution in [0.5, 0.6) is 11.5 Å². The van der Waals surface area contributed by atoms with Crippen molar-refractivity contribution in [1.82, 2.24) is 4.90 Å². The van der Waals surface area contributed by atoms with Crippen LogP contribution in [-0.2, 0) is 21.5 Å². The zero-order valence-corrected chi connectivity index (χ0v) is 19.5. The van der Waals surface area contributed by atoms with E-state index in [9.17, 15) is 17.6 Å². The smallest absolute Gasteiger partial charge is 0.339 e. The summed E-state index contributed by atoms with van der Waals surface area (Å²) in [5.74, 6) is 0.230. The van der Waals surface area contributed by atoms with Gasteiger partial charge in [0, 0.05) is 19.0 Å². The third-order valence-electron chi connectivity index (χ3n) is 5.50. The monoisotopic (exact) mass is 463 g/mol. The fourth-order valence-electron chi connectivity index (χ4n) is 3.98. The van der Waals surface area contributed by atoms with Gasteiger partial charge in [0.15, 0.2) is 11.5 Å². The van der Waals surface area contributed by atoms with Gasteiger partial charge >= 0.3 is 10.1 Å². The van der Waals surface area contributed by atoms with Crippen LogP contribution in [0, 0.1) is 17.7 Å². The van der Waals surface area contributed by atoms with Crippen molar-refractivity contribution < 1.29 is 26.5 Å². The molecule has 0 heterocycles. The van der Waals surface area contributed by atoms with Gasteiger partial charge in [-0.25, -0.2) is 4.39 Å². The van der Waals surface area contributed by atoms with Gasteiger partial charge in [-0.1, -0.05) is 32.8 Å². The molecule has 1 aliphatic rings. The molecule has 3 rings (SSSR count). The fourth-order valence-corrected chi connectivity index (χ4v) is 4.91. The predicted octanol–water partition coefficient (Wildman–Crippen LogP) is 4.78. The summed E-state index contributed by atoms with van der Waals surface area (Å²) in [5.41, 5.74) is 0.738. The second kappa shape index (κ2) is 10.3. The molecular formula is C24H30FNO5S. The normalized spacial score (nSPS) is 14.5. The molecule has 0 atom stereocenters. The lowest BCUT2D eigenvalue weighted by molar-refractivity contribution is -0.136. The average molecular weight is 464 g/mol. The molecule has 0 N–H and O–H groups in total. The van der Waals surface area contributed by atoms with Gasteiger partial charge in [0.2, 0.25) is 5.91 Å². The summed E-state index contributed by atoms with van der Waals surface area (Å²) < 4.78 is 49.1. The lowest BCUT2D eigenvalue weighted by Crippen LogP contribution is -2.37. The highest BCUT2D eigenvalue weighted by Gasteiger charge is 2.28. The molecule has 1 amide bonds. The molecule has 1 aliphatic carbocycles. The molecule has 0 radical (unpaired) electrons. The number of hydrogen-bond donors (Lipinski definition) is 0. The van der Waals surface area contributed by atoms with E-state index in [4.69, 9.17) is 8.92 Å². The zero-order valence-electron chi connectivity index (χ0n) is 18.7. The number of rotatable bonds is 9. The number of nitrogens with zero attached hydrogens (tertiary/aromatic N) is 1. The van der Waals surface area contributed by atoms with Crippen LogP contribution in [-0.4, -0.2) is 32.9 Å². The van der Waals surface area contributed by atoms with E-state index < -0.39 is 15.9 Å². The van der Waals surface area contributed by atoms with Gasteiger partial charge in [-0.2, -0.15) is 8.42 Å². The molecule has 1 saturated carbocycles. The van der Waals surface area contributed by atoms with Gasteiger partial charge in [0.1, 0.15) is 10.7 Å². The number of halogens is 1. The highest BCUT2D eigenvalue weighted by atomic mass is 32.2. The van der Waals surface area contributed by atoms with Gasteiger partial charge in [-0.15, -0.1) is 0 Å². The minimum atomic E-state index is -4.18. The summed E-state index contributed by atoms with van der Waals surface area (Å²) in [5, 5.41) is 0. The van der Waals surface area contributed by atoms with Crippen LogP contribution >= 0.6 is 0 Å². The Morgan fingerprint density at radius 1 is 1.09 bits per heavy atom. The van der Waals surface area contributed by atoms with Crippen molar-refractivity contribution in [3.05, 3.63) is 53.8 Å². The Labute approximate surface area is 189 Å². The maximum atomic E-state index is 13.2. The summed E-state index contributed by atoms with van der Waals surface area (Å²) in [7, 11) is -2.77. The highest BCUT2D eigenvalue weighted by Crippen LogP contribution is 2.32. The van der Waals surface area contributed by atoms with E-state index >= 15 is 0 Å². The lowest BCUT2D eigenvalue weighted by Gasteiger charge is -2.27. The third kappa shape index (κ3) is 6.00. The van der Waals surface area contributed by atoms with Gasteiger partial charge in [0.05, 0.1) is 7.11 Å². The van der Waals surface area contributed by atoms with Crippen molar-refractivity contribution in [2.75, 3.05) is 13.7 Å². The minimum Gasteiger partial charge on any atom is -0.493 e. The molecule has 8 heteroatoms. The van der Waals surface area contributed by atoms with E-state index in [1.165, 1.54) is 7.11 Å². The number of carbonyl (C=O) groups is 1. The SMILES string of the molecule is COc1ccc(CN(CC(C)C)C(=O)C2CCCC2)cc1OS(=O)(=O)c1ccc(F)cc1. The van der Waals surface area contributed by atoms with Crippen LogP contribution in [0.25, 0.3) is 0 Å². The second-order valence-electron chi connectivity index (χ2n) is 8.57. The number of methoxy groups -OCH3 is 1. The standard InChI is InChI=1S/C24H30FNO5S/c1-17(2)15-26(24(27)19-6-4-5-7-19)16-18-8-13-22(30-3)23(14-18)31-32(28,29)21-11-9-20(25)10-12-21/h8-14,17,19H,4-7,15-16H2,1-3H3. The van der Waals surface area contributed by atoms with E-state index in [0.717, 1.165) is 55.5 Å².